The minimum absolute atomic E-state index is 0.128. The van der Waals surface area contributed by atoms with Crippen LogP contribution in [0.15, 0.2) is 131 Å². The number of ether oxygens (including phenoxy) is 4. The highest BCUT2D eigenvalue weighted by Gasteiger charge is 2.25. The summed E-state index contributed by atoms with van der Waals surface area (Å²) in [5, 5.41) is 9.21. The van der Waals surface area contributed by atoms with Gasteiger partial charge in [-0.3, -0.25) is 9.59 Å². The van der Waals surface area contributed by atoms with Crippen molar-refractivity contribution in [2.75, 3.05) is 68.1 Å². The van der Waals surface area contributed by atoms with Gasteiger partial charge in [0, 0.05) is 102 Å². The predicted molar refractivity (Wildman–Crippen MR) is 253 cm³/mol. The quantitative estimate of drug-likeness (QED) is 0.133. The van der Waals surface area contributed by atoms with Gasteiger partial charge in [-0.1, -0.05) is 54.6 Å². The van der Waals surface area contributed by atoms with Gasteiger partial charge in [0.15, 0.2) is 0 Å². The molecule has 0 radical (unpaired) electrons. The number of nitrogens with zero attached hydrogens (tertiary/aromatic N) is 3. The number of morpholine rings is 2. The summed E-state index contributed by atoms with van der Waals surface area (Å²) in [7, 11) is 0. The molecule has 4 aliphatic rings. The largest absolute Gasteiger partial charge is 0.456 e. The van der Waals surface area contributed by atoms with Crippen molar-refractivity contribution >= 4 is 17.1 Å². The molecule has 0 amide bonds. The fourth-order valence-electron chi connectivity index (χ4n) is 9.15. The molecular weight excluding hydrogens is 817 g/mol. The van der Waals surface area contributed by atoms with Crippen molar-refractivity contribution in [2.24, 2.45) is 0 Å². The number of nitriles is 1. The maximum absolute atomic E-state index is 12.6. The van der Waals surface area contributed by atoms with Gasteiger partial charge in [-0.15, -0.1) is 0 Å². The molecule has 11 rings (SSSR count). The topological polar surface area (TPSA) is 159 Å². The molecule has 0 spiro atoms. The van der Waals surface area contributed by atoms with E-state index in [0.29, 0.717) is 38.4 Å². The highest BCUT2D eigenvalue weighted by atomic mass is 16.5. The van der Waals surface area contributed by atoms with Gasteiger partial charge in [0.25, 0.3) is 0 Å². The molecule has 7 aromatic rings. The summed E-state index contributed by atoms with van der Waals surface area (Å²) in [5.41, 5.74) is 19.1. The van der Waals surface area contributed by atoms with E-state index in [0.717, 1.165) is 130 Å². The Balaban J connectivity index is 0.000000159. The molecule has 0 saturated carbocycles. The lowest BCUT2D eigenvalue weighted by Gasteiger charge is -2.29. The zero-order chi connectivity index (χ0) is 44.3. The zero-order valence-corrected chi connectivity index (χ0v) is 35.9. The Hall–Kier alpha value is -7.59. The number of hydrogen-bond acceptors (Lipinski definition) is 10. The third kappa shape index (κ3) is 8.84. The summed E-state index contributed by atoms with van der Waals surface area (Å²) >= 11 is 0. The highest BCUT2D eigenvalue weighted by molar-refractivity contribution is 5.76. The van der Waals surface area contributed by atoms with Crippen LogP contribution in [0.25, 0.3) is 22.5 Å². The Bertz CT molecular complexity index is 3070. The SMILES string of the molecule is N#Cc1cccc(CCc2cccc3c2Cc2cccc(-c4cc(N5CCOCC5)cc(=O)[nH]4)c2O3)c1.Nc1cccc2c1Cc1cccc(-c3cc(N4CCOCC4)cc(=O)[nH]3)c1O2. The number of nitrogen functional groups attached to an aromatic ring is 1. The van der Waals surface area contributed by atoms with Crippen LogP contribution in [-0.4, -0.2) is 62.6 Å². The van der Waals surface area contributed by atoms with Crippen LogP contribution in [0, 0.1) is 11.3 Å². The summed E-state index contributed by atoms with van der Waals surface area (Å²) in [6.45, 7) is 5.75. The zero-order valence-electron chi connectivity index (χ0n) is 35.9. The van der Waals surface area contributed by atoms with Crippen LogP contribution >= 0.6 is 0 Å². The van der Waals surface area contributed by atoms with Crippen LogP contribution in [0.5, 0.6) is 23.0 Å². The number of para-hydroxylation sites is 2. The van der Waals surface area contributed by atoms with E-state index >= 15 is 0 Å². The molecule has 2 aromatic heterocycles. The molecule has 4 N–H and O–H groups in total. The number of H-pyrrole nitrogens is 2. The Labute approximate surface area is 376 Å². The van der Waals surface area contributed by atoms with Crippen LogP contribution in [0.2, 0.25) is 0 Å². The van der Waals surface area contributed by atoms with E-state index in [1.54, 1.807) is 12.1 Å². The average molecular weight is 865 g/mol. The van der Waals surface area contributed by atoms with Crippen molar-refractivity contribution in [2.45, 2.75) is 25.7 Å². The Kier molecular flexibility index (Phi) is 11.6. The Morgan fingerprint density at radius 3 is 1.69 bits per heavy atom. The van der Waals surface area contributed by atoms with Crippen molar-refractivity contribution in [3.05, 3.63) is 181 Å². The molecule has 12 nitrogen and oxygen atoms in total. The van der Waals surface area contributed by atoms with Crippen molar-refractivity contribution in [3.63, 3.8) is 0 Å². The lowest BCUT2D eigenvalue weighted by Crippen LogP contribution is -2.36. The van der Waals surface area contributed by atoms with Crippen molar-refractivity contribution < 1.29 is 18.9 Å². The molecular formula is C53H48N6O6. The number of aryl methyl sites for hydroxylation is 2. The molecule has 0 unspecified atom stereocenters. The first kappa shape index (κ1) is 41.4. The Morgan fingerprint density at radius 2 is 1.11 bits per heavy atom. The summed E-state index contributed by atoms with van der Waals surface area (Å²) < 4.78 is 23.7. The summed E-state index contributed by atoms with van der Waals surface area (Å²) in [4.78, 5) is 35.3. The average Bonchev–Trinajstić information content (AvgIpc) is 3.35. The van der Waals surface area contributed by atoms with Crippen molar-refractivity contribution in [1.82, 2.24) is 9.97 Å². The number of rotatable bonds is 7. The normalized spacial score (nSPS) is 14.8. The molecule has 2 fully saturated rings. The monoisotopic (exact) mass is 864 g/mol. The molecule has 12 heteroatoms. The van der Waals surface area contributed by atoms with E-state index < -0.39 is 0 Å². The standard InChI is InChI=1S/C31H27N3O3.C22H21N3O3/c32-20-22-5-1-4-21(16-22)10-11-23-6-3-9-29-27(23)17-24-7-2-8-26(31(24)37-29)28-18-25(19-30(35)33-28)34-12-14-36-15-13-34;23-18-5-2-6-20-17(18)11-14-3-1-4-16(22(14)28-20)19-12-15(13-21(26)24-19)25-7-9-27-10-8-25/h1-9,16,18-19H,10-15,17H2,(H,33,35);1-6,12-13H,7-11,23H2,(H,24,26). The number of aromatic amines is 2. The van der Waals surface area contributed by atoms with Crippen LogP contribution in [0.4, 0.5) is 17.1 Å². The minimum Gasteiger partial charge on any atom is -0.456 e. The maximum Gasteiger partial charge on any atom is 0.250 e. The van der Waals surface area contributed by atoms with Crippen molar-refractivity contribution in [1.29, 1.82) is 5.26 Å². The van der Waals surface area contributed by atoms with E-state index in [4.69, 9.17) is 24.7 Å². The lowest BCUT2D eigenvalue weighted by molar-refractivity contribution is 0.122. The first-order valence-electron chi connectivity index (χ1n) is 22.1. The number of benzene rings is 5. The van der Waals surface area contributed by atoms with Crippen LogP contribution in [0.1, 0.15) is 38.9 Å². The molecule has 6 heterocycles. The molecule has 5 aromatic carbocycles. The minimum atomic E-state index is -0.129. The van der Waals surface area contributed by atoms with Crippen LogP contribution in [0.3, 0.4) is 0 Å². The molecule has 0 bridgehead atoms. The number of pyridine rings is 2. The van der Waals surface area contributed by atoms with Gasteiger partial charge in [-0.05, 0) is 78.6 Å². The van der Waals surface area contributed by atoms with Gasteiger partial charge >= 0.3 is 0 Å². The van der Waals surface area contributed by atoms with Gasteiger partial charge in [0.05, 0.1) is 49.4 Å². The van der Waals surface area contributed by atoms with Gasteiger partial charge < -0.3 is 44.4 Å². The second-order valence-electron chi connectivity index (χ2n) is 16.6. The molecule has 65 heavy (non-hydrogen) atoms. The molecule has 4 aliphatic heterocycles. The summed E-state index contributed by atoms with van der Waals surface area (Å²) in [6.07, 6.45) is 3.19. The number of hydrogen-bond donors (Lipinski definition) is 3. The van der Waals surface area contributed by atoms with E-state index in [1.807, 2.05) is 91.0 Å². The van der Waals surface area contributed by atoms with Crippen LogP contribution in [-0.2, 0) is 35.2 Å². The number of anilines is 3. The third-order valence-electron chi connectivity index (χ3n) is 12.5. The predicted octanol–water partition coefficient (Wildman–Crippen LogP) is 8.39. The summed E-state index contributed by atoms with van der Waals surface area (Å²) in [5.74, 6) is 3.19. The molecule has 0 atom stereocenters. The van der Waals surface area contributed by atoms with Crippen molar-refractivity contribution in [3.8, 4) is 51.6 Å². The first-order chi connectivity index (χ1) is 31.9. The third-order valence-corrected chi connectivity index (χ3v) is 12.5. The Morgan fingerprint density at radius 1 is 0.585 bits per heavy atom. The number of nitrogens with two attached hydrogens (primary N) is 1. The fourth-order valence-corrected chi connectivity index (χ4v) is 9.15. The second kappa shape index (κ2) is 18.3. The van der Waals surface area contributed by atoms with Gasteiger partial charge in [0.2, 0.25) is 11.1 Å². The highest BCUT2D eigenvalue weighted by Crippen LogP contribution is 2.45. The number of nitrogens with one attached hydrogen (secondary N) is 2. The first-order valence-corrected chi connectivity index (χ1v) is 22.1. The molecule has 0 aliphatic carbocycles. The molecule has 326 valence electrons. The lowest BCUT2D eigenvalue weighted by atomic mass is 9.91. The number of fused-ring (bicyclic) bond motifs is 4. The fraction of sp³-hybridized carbons (Fsp3) is 0.226. The van der Waals surface area contributed by atoms with Gasteiger partial charge in [-0.25, -0.2) is 0 Å². The van der Waals surface area contributed by atoms with E-state index in [-0.39, 0.29) is 11.1 Å². The number of aromatic nitrogens is 2. The molecule has 2 saturated heterocycles. The smallest absolute Gasteiger partial charge is 0.250 e. The summed E-state index contributed by atoms with van der Waals surface area (Å²) in [6, 6.07) is 41.4. The van der Waals surface area contributed by atoms with Gasteiger partial charge in [-0.2, -0.15) is 5.26 Å². The van der Waals surface area contributed by atoms with Gasteiger partial charge in [0.1, 0.15) is 23.0 Å². The maximum atomic E-state index is 12.6. The van der Waals surface area contributed by atoms with E-state index in [2.05, 4.69) is 44.0 Å². The van der Waals surface area contributed by atoms with Crippen LogP contribution < -0.4 is 36.1 Å². The van der Waals surface area contributed by atoms with E-state index in [9.17, 15) is 14.9 Å². The van der Waals surface area contributed by atoms with E-state index in [1.165, 1.54) is 11.1 Å². The second-order valence-corrected chi connectivity index (χ2v) is 16.6.